The lowest BCUT2D eigenvalue weighted by atomic mass is 10.2. The molecule has 0 aliphatic carbocycles. The van der Waals surface area contributed by atoms with E-state index in [1.165, 1.54) is 18.0 Å². The van der Waals surface area contributed by atoms with Gasteiger partial charge in [-0.15, -0.1) is 5.73 Å². The van der Waals surface area contributed by atoms with Gasteiger partial charge < -0.3 is 0 Å². The zero-order valence-corrected chi connectivity index (χ0v) is 14.4. The summed E-state index contributed by atoms with van der Waals surface area (Å²) < 4.78 is 0. The number of hydrogen-bond acceptors (Lipinski definition) is 0. The maximum Gasteiger partial charge on any atom is 0.0902 e. The molecular formula is C14H27BrSi. The van der Waals surface area contributed by atoms with Crippen LogP contribution in [0.2, 0.25) is 18.1 Å². The number of unbranched alkanes of at least 4 members (excludes halogenated alkanes) is 2. The minimum Gasteiger partial charge on any atom is -0.131 e. The number of allylic oxidation sites excluding steroid dienone is 1. The minimum atomic E-state index is -1.31. The van der Waals surface area contributed by atoms with Gasteiger partial charge >= 0.3 is 0 Å². The number of halogens is 1. The topological polar surface area (TPSA) is 0 Å². The molecule has 0 radical (unpaired) electrons. The van der Waals surface area contributed by atoms with Crippen LogP contribution in [0.1, 0.15) is 47.0 Å². The van der Waals surface area contributed by atoms with Gasteiger partial charge in [-0.2, -0.15) is 0 Å². The highest BCUT2D eigenvalue weighted by Gasteiger charge is 2.36. The van der Waals surface area contributed by atoms with Crippen molar-refractivity contribution in [1.29, 1.82) is 0 Å². The fourth-order valence-electron chi connectivity index (χ4n) is 1.31. The molecule has 2 heteroatoms. The average Bonchev–Trinajstić information content (AvgIpc) is 2.15. The van der Waals surface area contributed by atoms with Crippen molar-refractivity contribution < 1.29 is 0 Å². The Bertz CT molecular complexity index is 265. The quantitative estimate of drug-likeness (QED) is 0.264. The van der Waals surface area contributed by atoms with Crippen LogP contribution in [0.4, 0.5) is 0 Å². The van der Waals surface area contributed by atoms with E-state index < -0.39 is 8.07 Å². The van der Waals surface area contributed by atoms with Gasteiger partial charge in [0.15, 0.2) is 0 Å². The molecule has 0 saturated heterocycles. The third kappa shape index (κ3) is 5.03. The van der Waals surface area contributed by atoms with E-state index >= 15 is 0 Å². The van der Waals surface area contributed by atoms with Crippen LogP contribution in [-0.2, 0) is 0 Å². The van der Waals surface area contributed by atoms with Gasteiger partial charge in [-0.1, -0.05) is 49.8 Å². The predicted octanol–water partition coefficient (Wildman–Crippen LogP) is 5.70. The van der Waals surface area contributed by atoms with Crippen LogP contribution in [0.5, 0.6) is 0 Å². The Balaban J connectivity index is 4.53. The Morgan fingerprint density at radius 1 is 1.25 bits per heavy atom. The van der Waals surface area contributed by atoms with Crippen LogP contribution in [0, 0.1) is 0 Å². The first kappa shape index (κ1) is 16.2. The molecule has 0 amide bonds. The summed E-state index contributed by atoms with van der Waals surface area (Å²) in [4.78, 5) is 0. The van der Waals surface area contributed by atoms with E-state index in [0.717, 1.165) is 11.8 Å². The SMILES string of the molecule is CC(=C=CCCCCBr)[Si](C)(C)C(C)(C)C. The van der Waals surface area contributed by atoms with Crippen molar-refractivity contribution in [3.63, 3.8) is 0 Å². The van der Waals surface area contributed by atoms with Gasteiger partial charge in [0.05, 0.1) is 8.07 Å². The standard InChI is InChI=1S/C14H27BrSi/c1-13(11-9-7-8-10-12-15)16(5,6)14(2,3)4/h9H,7-8,10,12H2,1-6H3. The molecule has 0 aliphatic heterocycles. The number of alkyl halides is 1. The molecule has 16 heavy (non-hydrogen) atoms. The zero-order valence-electron chi connectivity index (χ0n) is 11.8. The second kappa shape index (κ2) is 6.83. The molecule has 0 atom stereocenters. The van der Waals surface area contributed by atoms with Crippen molar-refractivity contribution in [3.8, 4) is 0 Å². The second-order valence-corrected chi connectivity index (χ2v) is 12.3. The fraction of sp³-hybridized carbons (Fsp3) is 0.786. The van der Waals surface area contributed by atoms with Gasteiger partial charge in [0.2, 0.25) is 0 Å². The van der Waals surface area contributed by atoms with Crippen LogP contribution in [0.25, 0.3) is 0 Å². The molecular weight excluding hydrogens is 276 g/mol. The number of hydrogen-bond donors (Lipinski definition) is 0. The molecule has 0 aliphatic rings. The van der Waals surface area contributed by atoms with E-state index in [9.17, 15) is 0 Å². The van der Waals surface area contributed by atoms with Gasteiger partial charge in [0.25, 0.3) is 0 Å². The maximum absolute atomic E-state index is 3.53. The molecule has 0 bridgehead atoms. The predicted molar refractivity (Wildman–Crippen MR) is 82.1 cm³/mol. The highest BCUT2D eigenvalue weighted by atomic mass is 79.9. The molecule has 0 unspecified atom stereocenters. The summed E-state index contributed by atoms with van der Waals surface area (Å²) in [5.41, 5.74) is 3.53. The highest BCUT2D eigenvalue weighted by molar-refractivity contribution is 9.09. The molecule has 0 heterocycles. The molecule has 94 valence electrons. The van der Waals surface area contributed by atoms with Crippen molar-refractivity contribution >= 4 is 24.0 Å². The van der Waals surface area contributed by atoms with Crippen molar-refractivity contribution in [2.24, 2.45) is 0 Å². The highest BCUT2D eigenvalue weighted by Crippen LogP contribution is 2.39. The lowest BCUT2D eigenvalue weighted by Crippen LogP contribution is -2.38. The summed E-state index contributed by atoms with van der Waals surface area (Å²) in [5.74, 6) is 0. The summed E-state index contributed by atoms with van der Waals surface area (Å²) in [6.07, 6.45) is 5.93. The summed E-state index contributed by atoms with van der Waals surface area (Å²) in [6.45, 7) is 14.2. The Hall–Kier alpha value is 0.217. The minimum absolute atomic E-state index is 0.424. The molecule has 0 saturated carbocycles. The number of rotatable bonds is 5. The fourth-order valence-corrected chi connectivity index (χ4v) is 3.29. The smallest absolute Gasteiger partial charge is 0.0902 e. The Kier molecular flexibility index (Phi) is 6.92. The second-order valence-electron chi connectivity index (χ2n) is 6.03. The molecule has 0 fully saturated rings. The molecule has 0 rings (SSSR count). The van der Waals surface area contributed by atoms with E-state index in [0.29, 0.717) is 5.04 Å². The van der Waals surface area contributed by atoms with Gasteiger partial charge in [-0.3, -0.25) is 0 Å². The monoisotopic (exact) mass is 302 g/mol. The van der Waals surface area contributed by atoms with Gasteiger partial charge in [-0.25, -0.2) is 0 Å². The maximum atomic E-state index is 3.53. The lowest BCUT2D eigenvalue weighted by Gasteiger charge is -2.36. The van der Waals surface area contributed by atoms with Crippen molar-refractivity contribution in [1.82, 2.24) is 0 Å². The third-order valence-corrected chi connectivity index (χ3v) is 10.2. The summed E-state index contributed by atoms with van der Waals surface area (Å²) in [6, 6.07) is 0. The lowest BCUT2D eigenvalue weighted by molar-refractivity contribution is 0.725. The normalized spacial score (nSPS) is 12.2. The first-order valence-electron chi connectivity index (χ1n) is 6.21. The first-order chi connectivity index (χ1) is 7.23. The van der Waals surface area contributed by atoms with Crippen molar-refractivity contribution in [2.75, 3.05) is 5.33 Å². The molecule has 0 aromatic carbocycles. The molecule has 0 spiro atoms. The molecule has 0 aromatic rings. The van der Waals surface area contributed by atoms with Crippen LogP contribution in [0.3, 0.4) is 0 Å². The van der Waals surface area contributed by atoms with Crippen LogP contribution in [0.15, 0.2) is 17.0 Å². The Morgan fingerprint density at radius 2 is 1.81 bits per heavy atom. The third-order valence-electron chi connectivity index (χ3n) is 3.86. The summed E-state index contributed by atoms with van der Waals surface area (Å²) >= 11 is 3.46. The summed E-state index contributed by atoms with van der Waals surface area (Å²) in [5, 5.41) is 3.04. The van der Waals surface area contributed by atoms with Gasteiger partial charge in [0, 0.05) is 5.33 Å². The van der Waals surface area contributed by atoms with Crippen LogP contribution >= 0.6 is 15.9 Å². The van der Waals surface area contributed by atoms with Crippen LogP contribution in [-0.4, -0.2) is 13.4 Å². The van der Waals surface area contributed by atoms with E-state index in [-0.39, 0.29) is 0 Å². The van der Waals surface area contributed by atoms with Gasteiger partial charge in [-0.05, 0) is 42.5 Å². The van der Waals surface area contributed by atoms with Crippen LogP contribution < -0.4 is 0 Å². The van der Waals surface area contributed by atoms with E-state index in [2.05, 4.69) is 68.5 Å². The zero-order chi connectivity index (χ0) is 12.8. The first-order valence-corrected chi connectivity index (χ1v) is 10.3. The Morgan fingerprint density at radius 3 is 2.25 bits per heavy atom. The molecule has 0 nitrogen and oxygen atoms in total. The van der Waals surface area contributed by atoms with Crippen molar-refractivity contribution in [2.45, 2.75) is 65.1 Å². The molecule has 0 N–H and O–H groups in total. The largest absolute Gasteiger partial charge is 0.131 e. The Labute approximate surface area is 111 Å². The average molecular weight is 303 g/mol. The van der Waals surface area contributed by atoms with E-state index in [4.69, 9.17) is 0 Å². The van der Waals surface area contributed by atoms with E-state index in [1.54, 1.807) is 0 Å². The van der Waals surface area contributed by atoms with E-state index in [1.807, 2.05) is 0 Å². The molecule has 0 aromatic heterocycles. The van der Waals surface area contributed by atoms with Gasteiger partial charge in [0.1, 0.15) is 0 Å². The van der Waals surface area contributed by atoms with Crippen molar-refractivity contribution in [3.05, 3.63) is 17.0 Å². The summed E-state index contributed by atoms with van der Waals surface area (Å²) in [7, 11) is -1.31.